The molecule has 1 saturated carbocycles. The first kappa shape index (κ1) is 19.1. The second-order valence-corrected chi connectivity index (χ2v) is 7.71. The molecule has 2 atom stereocenters. The van der Waals surface area contributed by atoms with Crippen molar-refractivity contribution in [1.82, 2.24) is 0 Å². The molecule has 1 aromatic carbocycles. The molecule has 1 aliphatic carbocycles. The van der Waals surface area contributed by atoms with E-state index in [1.165, 1.54) is 31.2 Å². The zero-order valence-corrected chi connectivity index (χ0v) is 15.7. The van der Waals surface area contributed by atoms with Crippen molar-refractivity contribution in [2.24, 2.45) is 34.2 Å². The van der Waals surface area contributed by atoms with Gasteiger partial charge in [-0.3, -0.25) is 9.83 Å². The lowest BCUT2D eigenvalue weighted by atomic mass is 9.82. The average molecular weight is 361 g/mol. The predicted octanol–water partition coefficient (Wildman–Crippen LogP) is 2.13. The number of aliphatic imine (C=N–C) groups is 1. The van der Waals surface area contributed by atoms with Crippen molar-refractivity contribution in [1.29, 1.82) is 0 Å². The molecule has 2 unspecified atom stereocenters. The van der Waals surface area contributed by atoms with E-state index in [0.29, 0.717) is 17.7 Å². The van der Waals surface area contributed by atoms with Gasteiger partial charge in [0.2, 0.25) is 0 Å². The van der Waals surface area contributed by atoms with Crippen LogP contribution in [0.5, 0.6) is 5.75 Å². The summed E-state index contributed by atoms with van der Waals surface area (Å²) in [7, 11) is 0. The summed E-state index contributed by atoms with van der Waals surface area (Å²) in [6.45, 7) is 3.55. The molecule has 2 aliphatic rings. The maximum absolute atomic E-state index is 6.25. The smallest absolute Gasteiger partial charge is 0.127 e. The number of nitrogens with zero attached hydrogens (tertiary/aromatic N) is 1. The van der Waals surface area contributed by atoms with Crippen molar-refractivity contribution in [3.63, 3.8) is 0 Å². The van der Waals surface area contributed by atoms with Crippen molar-refractivity contribution in [2.75, 3.05) is 13.1 Å². The van der Waals surface area contributed by atoms with Crippen molar-refractivity contribution in [3.05, 3.63) is 29.3 Å². The van der Waals surface area contributed by atoms with Gasteiger partial charge in [-0.15, -0.1) is 0 Å². The molecular formula is C20H32N4O2. The molecule has 6 N–H and O–H groups in total. The Labute approximate surface area is 156 Å². The quantitative estimate of drug-likeness (QED) is 0.409. The molecule has 0 saturated heterocycles. The summed E-state index contributed by atoms with van der Waals surface area (Å²) in [5, 5.41) is 0. The molecule has 0 spiro atoms. The van der Waals surface area contributed by atoms with Crippen molar-refractivity contribution >= 4 is 5.84 Å². The van der Waals surface area contributed by atoms with E-state index in [2.05, 4.69) is 11.1 Å². The van der Waals surface area contributed by atoms with Gasteiger partial charge < -0.3 is 16.2 Å². The van der Waals surface area contributed by atoms with E-state index in [0.717, 1.165) is 37.2 Å². The summed E-state index contributed by atoms with van der Waals surface area (Å²) < 4.78 is 6.00. The maximum Gasteiger partial charge on any atom is 0.127 e. The van der Waals surface area contributed by atoms with E-state index >= 15 is 0 Å². The number of hydrogen-bond donors (Lipinski definition) is 3. The minimum atomic E-state index is -0.121. The highest BCUT2D eigenvalue weighted by Gasteiger charge is 2.25. The normalized spacial score (nSPS) is 27.5. The molecule has 1 aliphatic heterocycles. The fraction of sp³-hybridized carbons (Fsp3) is 0.650. The van der Waals surface area contributed by atoms with E-state index in [1.807, 2.05) is 19.1 Å². The molecule has 1 aromatic rings. The first-order chi connectivity index (χ1) is 12.6. The molecule has 1 fully saturated rings. The van der Waals surface area contributed by atoms with Gasteiger partial charge in [-0.1, -0.05) is 0 Å². The Morgan fingerprint density at radius 3 is 2.65 bits per heavy atom. The lowest BCUT2D eigenvalue weighted by Crippen LogP contribution is -2.36. The van der Waals surface area contributed by atoms with Crippen LogP contribution >= 0.6 is 0 Å². The van der Waals surface area contributed by atoms with Crippen LogP contribution in [0.25, 0.3) is 0 Å². The third-order valence-electron chi connectivity index (χ3n) is 5.89. The standard InChI is InChI=1S/C20H32N4O2/c1-13(26-23)18-8-6-16-10-17(7-9-19(16)25-18)20(22)24-12-15-4-2-14(11-21)3-5-15/h7,9-10,13-15,18H,2-6,8,11-12,21,23H2,1H3,(H2,22,24). The van der Waals surface area contributed by atoms with Gasteiger partial charge >= 0.3 is 0 Å². The van der Waals surface area contributed by atoms with Crippen LogP contribution in [0.1, 0.15) is 50.2 Å². The molecule has 6 heteroatoms. The largest absolute Gasteiger partial charge is 0.487 e. The molecule has 0 bridgehead atoms. The fourth-order valence-corrected chi connectivity index (χ4v) is 3.96. The van der Waals surface area contributed by atoms with Crippen LogP contribution in [0.15, 0.2) is 23.2 Å². The first-order valence-corrected chi connectivity index (χ1v) is 9.76. The Morgan fingerprint density at radius 1 is 1.23 bits per heavy atom. The minimum absolute atomic E-state index is 0.00647. The predicted molar refractivity (Wildman–Crippen MR) is 104 cm³/mol. The van der Waals surface area contributed by atoms with Gasteiger partial charge in [-0.2, -0.15) is 0 Å². The monoisotopic (exact) mass is 360 g/mol. The topological polar surface area (TPSA) is 109 Å². The summed E-state index contributed by atoms with van der Waals surface area (Å²) in [4.78, 5) is 9.56. The van der Waals surface area contributed by atoms with Gasteiger partial charge in [0.05, 0.1) is 0 Å². The summed E-state index contributed by atoms with van der Waals surface area (Å²) in [6.07, 6.45) is 6.54. The van der Waals surface area contributed by atoms with Crippen LogP contribution in [0.4, 0.5) is 0 Å². The Bertz CT molecular complexity index is 626. The van der Waals surface area contributed by atoms with Crippen LogP contribution < -0.4 is 22.1 Å². The van der Waals surface area contributed by atoms with E-state index in [1.54, 1.807) is 0 Å². The minimum Gasteiger partial charge on any atom is -0.487 e. The number of amidine groups is 1. The Hall–Kier alpha value is -1.63. The van der Waals surface area contributed by atoms with E-state index in [-0.39, 0.29) is 12.2 Å². The van der Waals surface area contributed by atoms with Gasteiger partial charge in [0.25, 0.3) is 0 Å². The molecular weight excluding hydrogens is 328 g/mol. The number of nitrogens with two attached hydrogens (primary N) is 3. The third-order valence-corrected chi connectivity index (χ3v) is 5.89. The lowest BCUT2D eigenvalue weighted by molar-refractivity contribution is -0.0238. The second kappa shape index (κ2) is 8.84. The Kier molecular flexibility index (Phi) is 6.51. The molecule has 144 valence electrons. The summed E-state index contributed by atoms with van der Waals surface area (Å²) in [5.41, 5.74) is 14.2. The number of fused-ring (bicyclic) bond motifs is 1. The summed E-state index contributed by atoms with van der Waals surface area (Å²) >= 11 is 0. The van der Waals surface area contributed by atoms with Gasteiger partial charge in [-0.05, 0) is 87.6 Å². The number of hydrogen-bond acceptors (Lipinski definition) is 5. The molecule has 0 radical (unpaired) electrons. The number of aryl methyl sites for hydroxylation is 1. The van der Waals surface area contributed by atoms with Crippen LogP contribution in [-0.4, -0.2) is 31.1 Å². The molecule has 0 amide bonds. The average Bonchev–Trinajstić information content (AvgIpc) is 2.70. The maximum atomic E-state index is 6.25. The SMILES string of the molecule is CC(ON)C1CCc2cc(C(N)=NCC3CCC(CN)CC3)ccc2O1. The van der Waals surface area contributed by atoms with Gasteiger partial charge in [0, 0.05) is 12.1 Å². The Balaban J connectivity index is 1.60. The first-order valence-electron chi connectivity index (χ1n) is 9.76. The number of rotatable bonds is 6. The van der Waals surface area contributed by atoms with Crippen LogP contribution in [0, 0.1) is 11.8 Å². The van der Waals surface area contributed by atoms with Crippen LogP contribution in [0.3, 0.4) is 0 Å². The Morgan fingerprint density at radius 2 is 1.96 bits per heavy atom. The van der Waals surface area contributed by atoms with Crippen LogP contribution in [-0.2, 0) is 11.3 Å². The van der Waals surface area contributed by atoms with Crippen molar-refractivity contribution in [3.8, 4) is 5.75 Å². The van der Waals surface area contributed by atoms with Gasteiger partial charge in [0.1, 0.15) is 23.8 Å². The number of benzene rings is 1. The van der Waals surface area contributed by atoms with E-state index in [4.69, 9.17) is 26.9 Å². The second-order valence-electron chi connectivity index (χ2n) is 7.71. The highest BCUT2D eigenvalue weighted by atomic mass is 16.6. The van der Waals surface area contributed by atoms with Crippen molar-refractivity contribution < 1.29 is 9.57 Å². The zero-order valence-electron chi connectivity index (χ0n) is 15.7. The highest BCUT2D eigenvalue weighted by Crippen LogP contribution is 2.30. The zero-order chi connectivity index (χ0) is 18.5. The van der Waals surface area contributed by atoms with Crippen molar-refractivity contribution in [2.45, 2.75) is 57.7 Å². The van der Waals surface area contributed by atoms with E-state index in [9.17, 15) is 0 Å². The lowest BCUT2D eigenvalue weighted by Gasteiger charge is -2.29. The number of ether oxygens (including phenoxy) is 1. The fourth-order valence-electron chi connectivity index (χ4n) is 3.96. The molecule has 6 nitrogen and oxygen atoms in total. The van der Waals surface area contributed by atoms with Gasteiger partial charge in [0.15, 0.2) is 0 Å². The molecule has 26 heavy (non-hydrogen) atoms. The molecule has 0 aromatic heterocycles. The van der Waals surface area contributed by atoms with Crippen LogP contribution in [0.2, 0.25) is 0 Å². The van der Waals surface area contributed by atoms with E-state index < -0.39 is 0 Å². The highest BCUT2D eigenvalue weighted by molar-refractivity contribution is 5.97. The molecule has 3 rings (SSSR count). The summed E-state index contributed by atoms with van der Waals surface area (Å²) in [5.74, 6) is 8.12. The molecule has 1 heterocycles. The van der Waals surface area contributed by atoms with Gasteiger partial charge in [-0.25, -0.2) is 5.90 Å². The third kappa shape index (κ3) is 4.55. The summed E-state index contributed by atoms with van der Waals surface area (Å²) in [6, 6.07) is 6.07.